The van der Waals surface area contributed by atoms with Crippen molar-refractivity contribution in [3.63, 3.8) is 0 Å². The van der Waals surface area contributed by atoms with Crippen LogP contribution in [-0.4, -0.2) is 17.3 Å². The van der Waals surface area contributed by atoms with E-state index in [4.69, 9.17) is 24.4 Å². The van der Waals surface area contributed by atoms with Crippen molar-refractivity contribution >= 4 is 40.3 Å². The maximum Gasteiger partial charge on any atom is 0.189 e. The lowest BCUT2D eigenvalue weighted by atomic mass is 10.1. The van der Waals surface area contributed by atoms with E-state index in [1.165, 1.54) is 5.56 Å². The van der Waals surface area contributed by atoms with Gasteiger partial charge in [0.25, 0.3) is 0 Å². The van der Waals surface area contributed by atoms with Crippen molar-refractivity contribution in [3.05, 3.63) is 29.8 Å². The van der Waals surface area contributed by atoms with Crippen molar-refractivity contribution < 1.29 is 0 Å². The van der Waals surface area contributed by atoms with Crippen LogP contribution in [0.1, 0.15) is 12.5 Å². The van der Waals surface area contributed by atoms with Crippen LogP contribution in [0.25, 0.3) is 0 Å². The van der Waals surface area contributed by atoms with Crippen LogP contribution in [0.2, 0.25) is 0 Å². The molecule has 4 nitrogen and oxygen atoms in total. The van der Waals surface area contributed by atoms with E-state index in [2.05, 4.69) is 40.5 Å². The summed E-state index contributed by atoms with van der Waals surface area (Å²) in [5.41, 5.74) is 7.76. The highest BCUT2D eigenvalue weighted by Gasteiger charge is 1.97. The van der Waals surface area contributed by atoms with E-state index in [-0.39, 0.29) is 0 Å². The van der Waals surface area contributed by atoms with Crippen LogP contribution in [0, 0.1) is 0 Å². The van der Waals surface area contributed by atoms with Gasteiger partial charge in [-0.25, -0.2) is 0 Å². The summed E-state index contributed by atoms with van der Waals surface area (Å²) in [7, 11) is 1.73. The molecule has 0 spiro atoms. The molecule has 0 saturated carbocycles. The number of hydrazine groups is 1. The Labute approximate surface area is 112 Å². The SMILES string of the molecule is CCc1ccc(NC(=S)NNC(=S)NC)cc1. The number of rotatable bonds is 2. The van der Waals surface area contributed by atoms with Crippen LogP contribution in [0.15, 0.2) is 24.3 Å². The molecule has 0 heterocycles. The molecule has 0 saturated heterocycles. The molecule has 4 N–H and O–H groups in total. The lowest BCUT2D eigenvalue weighted by Gasteiger charge is -2.12. The standard InChI is InChI=1S/C11H16N4S2/c1-3-8-4-6-9(7-5-8)13-11(17)15-14-10(16)12-2/h4-7H,3H2,1-2H3,(H2,12,14,16)(H2,13,15,17). The molecule has 0 unspecified atom stereocenters. The third kappa shape index (κ3) is 4.97. The first-order chi connectivity index (χ1) is 8.15. The predicted molar refractivity (Wildman–Crippen MR) is 80.0 cm³/mol. The van der Waals surface area contributed by atoms with Crippen molar-refractivity contribution in [3.8, 4) is 0 Å². The Morgan fingerprint density at radius 1 is 1.06 bits per heavy atom. The molecule has 1 aromatic rings. The second kappa shape index (κ2) is 7.03. The first-order valence-corrected chi connectivity index (χ1v) is 6.11. The van der Waals surface area contributed by atoms with E-state index < -0.39 is 0 Å². The zero-order valence-corrected chi connectivity index (χ0v) is 11.5. The molecule has 0 fully saturated rings. The highest BCUT2D eigenvalue weighted by molar-refractivity contribution is 7.80. The van der Waals surface area contributed by atoms with Gasteiger partial charge >= 0.3 is 0 Å². The number of hydrogen-bond donors (Lipinski definition) is 4. The van der Waals surface area contributed by atoms with Gasteiger partial charge < -0.3 is 10.6 Å². The lowest BCUT2D eigenvalue weighted by Crippen LogP contribution is -2.47. The van der Waals surface area contributed by atoms with Gasteiger partial charge in [-0.15, -0.1) is 0 Å². The normalized spacial score (nSPS) is 9.29. The summed E-state index contributed by atoms with van der Waals surface area (Å²) in [5.74, 6) is 0. The maximum absolute atomic E-state index is 5.09. The first-order valence-electron chi connectivity index (χ1n) is 5.29. The van der Waals surface area contributed by atoms with E-state index in [1.54, 1.807) is 7.05 Å². The fourth-order valence-corrected chi connectivity index (χ4v) is 1.38. The van der Waals surface area contributed by atoms with Gasteiger partial charge in [0.2, 0.25) is 0 Å². The Bertz CT molecular complexity index is 389. The van der Waals surface area contributed by atoms with Crippen LogP contribution in [0.4, 0.5) is 5.69 Å². The minimum atomic E-state index is 0.465. The van der Waals surface area contributed by atoms with Crippen LogP contribution in [0.3, 0.4) is 0 Å². The molecule has 6 heteroatoms. The molecule has 0 bridgehead atoms. The molecule has 0 aliphatic carbocycles. The van der Waals surface area contributed by atoms with Gasteiger partial charge in [-0.2, -0.15) is 0 Å². The Morgan fingerprint density at radius 3 is 2.18 bits per heavy atom. The highest BCUT2D eigenvalue weighted by atomic mass is 32.1. The van der Waals surface area contributed by atoms with E-state index in [0.717, 1.165) is 12.1 Å². The largest absolute Gasteiger partial charge is 0.364 e. The fourth-order valence-electron chi connectivity index (χ4n) is 1.16. The molecule has 0 radical (unpaired) electrons. The third-order valence-electron chi connectivity index (χ3n) is 2.14. The fraction of sp³-hybridized carbons (Fsp3) is 0.273. The van der Waals surface area contributed by atoms with E-state index >= 15 is 0 Å². The molecule has 17 heavy (non-hydrogen) atoms. The summed E-state index contributed by atoms with van der Waals surface area (Å²) in [6, 6.07) is 8.11. The average Bonchev–Trinajstić information content (AvgIpc) is 2.36. The highest BCUT2D eigenvalue weighted by Crippen LogP contribution is 2.09. The minimum absolute atomic E-state index is 0.465. The molecule has 0 aromatic heterocycles. The zero-order valence-electron chi connectivity index (χ0n) is 9.83. The van der Waals surface area contributed by atoms with Gasteiger partial charge in [-0.05, 0) is 48.6 Å². The second-order valence-corrected chi connectivity index (χ2v) is 4.15. The second-order valence-electron chi connectivity index (χ2n) is 3.33. The van der Waals surface area contributed by atoms with Crippen molar-refractivity contribution in [1.82, 2.24) is 16.2 Å². The number of anilines is 1. The number of benzene rings is 1. The van der Waals surface area contributed by atoms with Crippen LogP contribution < -0.4 is 21.5 Å². The van der Waals surface area contributed by atoms with Gasteiger partial charge in [0.15, 0.2) is 10.2 Å². The van der Waals surface area contributed by atoms with E-state index in [0.29, 0.717) is 10.2 Å². The van der Waals surface area contributed by atoms with Crippen molar-refractivity contribution in [1.29, 1.82) is 0 Å². The minimum Gasteiger partial charge on any atom is -0.364 e. The summed E-state index contributed by atoms with van der Waals surface area (Å²) in [4.78, 5) is 0. The topological polar surface area (TPSA) is 48.1 Å². The molecule has 0 amide bonds. The van der Waals surface area contributed by atoms with Crippen LogP contribution in [-0.2, 0) is 6.42 Å². The molecule has 0 aliphatic heterocycles. The smallest absolute Gasteiger partial charge is 0.189 e. The van der Waals surface area contributed by atoms with E-state index in [9.17, 15) is 0 Å². The maximum atomic E-state index is 5.09. The van der Waals surface area contributed by atoms with Crippen LogP contribution >= 0.6 is 24.4 Å². The summed E-state index contributed by atoms with van der Waals surface area (Å²) >= 11 is 9.99. The summed E-state index contributed by atoms with van der Waals surface area (Å²) in [5, 5.41) is 6.76. The zero-order chi connectivity index (χ0) is 12.7. The van der Waals surface area contributed by atoms with Crippen molar-refractivity contribution in [2.24, 2.45) is 0 Å². The van der Waals surface area contributed by atoms with Gasteiger partial charge in [0.1, 0.15) is 0 Å². The van der Waals surface area contributed by atoms with Crippen LogP contribution in [0.5, 0.6) is 0 Å². The Morgan fingerprint density at radius 2 is 1.65 bits per heavy atom. The number of aryl methyl sites for hydroxylation is 1. The molecule has 92 valence electrons. The van der Waals surface area contributed by atoms with Crippen molar-refractivity contribution in [2.75, 3.05) is 12.4 Å². The van der Waals surface area contributed by atoms with Gasteiger partial charge in [-0.1, -0.05) is 19.1 Å². The summed E-state index contributed by atoms with van der Waals surface area (Å²) in [6.45, 7) is 2.12. The monoisotopic (exact) mass is 268 g/mol. The average molecular weight is 268 g/mol. The van der Waals surface area contributed by atoms with Gasteiger partial charge in [-0.3, -0.25) is 10.9 Å². The Kier molecular flexibility index (Phi) is 5.65. The number of thiocarbonyl (C=S) groups is 2. The molecule has 0 atom stereocenters. The predicted octanol–water partition coefficient (Wildman–Crippen LogP) is 1.54. The number of nitrogens with one attached hydrogen (secondary N) is 4. The first kappa shape index (κ1) is 13.7. The van der Waals surface area contributed by atoms with Gasteiger partial charge in [0, 0.05) is 12.7 Å². The van der Waals surface area contributed by atoms with Crippen molar-refractivity contribution in [2.45, 2.75) is 13.3 Å². The number of hydrogen-bond acceptors (Lipinski definition) is 2. The third-order valence-corrected chi connectivity index (χ3v) is 2.65. The Balaban J connectivity index is 2.42. The molecule has 1 rings (SSSR count). The van der Waals surface area contributed by atoms with Gasteiger partial charge in [0.05, 0.1) is 0 Å². The lowest BCUT2D eigenvalue weighted by molar-refractivity contribution is 0.853. The quantitative estimate of drug-likeness (QED) is 0.482. The molecular weight excluding hydrogens is 252 g/mol. The molecule has 1 aromatic carbocycles. The Hall–Kier alpha value is -1.40. The molecular formula is C11H16N4S2. The summed E-state index contributed by atoms with van der Waals surface area (Å²) < 4.78 is 0. The molecule has 0 aliphatic rings. The summed E-state index contributed by atoms with van der Waals surface area (Å²) in [6.07, 6.45) is 1.03. The van der Waals surface area contributed by atoms with E-state index in [1.807, 2.05) is 12.1 Å².